The zero-order chi connectivity index (χ0) is 17.0. The summed E-state index contributed by atoms with van der Waals surface area (Å²) < 4.78 is 42.3. The smallest absolute Gasteiger partial charge is 0.401 e. The number of nitrogens with zero attached hydrogens (tertiary/aromatic N) is 1. The summed E-state index contributed by atoms with van der Waals surface area (Å²) in [7, 11) is 1.57. The summed E-state index contributed by atoms with van der Waals surface area (Å²) in [5.74, 6) is 0.662. The summed E-state index contributed by atoms with van der Waals surface area (Å²) in [6, 6.07) is 4.37. The average molecular weight is 330 g/mol. The number of rotatable bonds is 6. The molecule has 0 saturated carbocycles. The first kappa shape index (κ1) is 18.1. The highest BCUT2D eigenvalue weighted by Gasteiger charge is 2.28. The highest BCUT2D eigenvalue weighted by molar-refractivity contribution is 5.45. The van der Waals surface area contributed by atoms with E-state index < -0.39 is 12.7 Å². The summed E-state index contributed by atoms with van der Waals surface area (Å²) in [6.45, 7) is 5.46. The van der Waals surface area contributed by atoms with Gasteiger partial charge < -0.3 is 10.1 Å². The Morgan fingerprint density at radius 2 is 2.04 bits per heavy atom. The number of benzene rings is 1. The molecule has 0 spiro atoms. The van der Waals surface area contributed by atoms with Crippen molar-refractivity contribution in [2.24, 2.45) is 0 Å². The molecule has 1 aromatic carbocycles. The summed E-state index contributed by atoms with van der Waals surface area (Å²) in [5.41, 5.74) is 3.26. The van der Waals surface area contributed by atoms with Crippen LogP contribution in [0, 0.1) is 0 Å². The minimum atomic E-state index is -4.20. The van der Waals surface area contributed by atoms with E-state index in [1.807, 2.05) is 12.1 Å². The Bertz CT molecular complexity index is 531. The molecule has 0 saturated heterocycles. The standard InChI is InChI=1S/C17H25F3N2O/c1-4-15-14-9-16(23-3)13(10-21-11-17(18,19)20)8-12(14)6-7-22(15)5-2/h8-9,15,21H,4-7,10-11H2,1-3H3. The van der Waals surface area contributed by atoms with Crippen molar-refractivity contribution in [3.8, 4) is 5.75 Å². The summed E-state index contributed by atoms with van der Waals surface area (Å²) in [4.78, 5) is 2.43. The molecule has 23 heavy (non-hydrogen) atoms. The van der Waals surface area contributed by atoms with Gasteiger partial charge in [0.05, 0.1) is 13.7 Å². The van der Waals surface area contributed by atoms with Crippen LogP contribution in [-0.2, 0) is 13.0 Å². The molecule has 1 N–H and O–H groups in total. The Balaban J connectivity index is 2.23. The molecule has 0 aliphatic carbocycles. The summed E-state index contributed by atoms with van der Waals surface area (Å²) >= 11 is 0. The van der Waals surface area contributed by atoms with Crippen LogP contribution in [0.2, 0.25) is 0 Å². The fraction of sp³-hybridized carbons (Fsp3) is 0.647. The van der Waals surface area contributed by atoms with Gasteiger partial charge in [-0.25, -0.2) is 0 Å². The predicted molar refractivity (Wildman–Crippen MR) is 84.7 cm³/mol. The second kappa shape index (κ2) is 7.53. The lowest BCUT2D eigenvalue weighted by molar-refractivity contribution is -0.125. The lowest BCUT2D eigenvalue weighted by Gasteiger charge is -2.36. The van der Waals surface area contributed by atoms with Crippen LogP contribution in [0.4, 0.5) is 13.2 Å². The fourth-order valence-electron chi connectivity index (χ4n) is 3.36. The van der Waals surface area contributed by atoms with E-state index in [1.54, 1.807) is 7.11 Å². The molecule has 6 heteroatoms. The number of fused-ring (bicyclic) bond motifs is 1. The quantitative estimate of drug-likeness (QED) is 0.861. The lowest BCUT2D eigenvalue weighted by Crippen LogP contribution is -2.35. The van der Waals surface area contributed by atoms with Gasteiger partial charge in [0.25, 0.3) is 0 Å². The Kier molecular flexibility index (Phi) is 5.92. The van der Waals surface area contributed by atoms with E-state index in [0.29, 0.717) is 11.8 Å². The van der Waals surface area contributed by atoms with Crippen LogP contribution in [-0.4, -0.2) is 37.8 Å². The van der Waals surface area contributed by atoms with Crippen molar-refractivity contribution in [1.82, 2.24) is 10.2 Å². The molecule has 0 bridgehead atoms. The van der Waals surface area contributed by atoms with Crippen molar-refractivity contribution in [3.63, 3.8) is 0 Å². The van der Waals surface area contributed by atoms with Gasteiger partial charge in [0.2, 0.25) is 0 Å². The third-order valence-corrected chi connectivity index (χ3v) is 4.44. The number of ether oxygens (including phenoxy) is 1. The molecular weight excluding hydrogens is 305 g/mol. The molecule has 1 aromatic rings. The van der Waals surface area contributed by atoms with Crippen molar-refractivity contribution in [1.29, 1.82) is 0 Å². The van der Waals surface area contributed by atoms with Crippen LogP contribution in [0.15, 0.2) is 12.1 Å². The Labute approximate surface area is 135 Å². The van der Waals surface area contributed by atoms with Crippen LogP contribution in [0.3, 0.4) is 0 Å². The van der Waals surface area contributed by atoms with Crippen LogP contribution in [0.1, 0.15) is 43.0 Å². The van der Waals surface area contributed by atoms with E-state index in [9.17, 15) is 13.2 Å². The maximum Gasteiger partial charge on any atom is 0.401 e. The van der Waals surface area contributed by atoms with E-state index >= 15 is 0 Å². The molecule has 3 nitrogen and oxygen atoms in total. The molecular formula is C17H25F3N2O. The van der Waals surface area contributed by atoms with Crippen LogP contribution in [0.5, 0.6) is 5.75 Å². The van der Waals surface area contributed by atoms with E-state index in [4.69, 9.17) is 4.74 Å². The van der Waals surface area contributed by atoms with Gasteiger partial charge in [-0.2, -0.15) is 13.2 Å². The van der Waals surface area contributed by atoms with Gasteiger partial charge in [0, 0.05) is 24.7 Å². The molecule has 1 unspecified atom stereocenters. The largest absolute Gasteiger partial charge is 0.496 e. The Hall–Kier alpha value is -1.27. The third kappa shape index (κ3) is 4.38. The van der Waals surface area contributed by atoms with Crippen molar-refractivity contribution in [2.45, 2.75) is 45.5 Å². The van der Waals surface area contributed by atoms with Crippen molar-refractivity contribution in [2.75, 3.05) is 26.7 Å². The topological polar surface area (TPSA) is 24.5 Å². The first-order valence-corrected chi connectivity index (χ1v) is 8.10. The monoisotopic (exact) mass is 330 g/mol. The van der Waals surface area contributed by atoms with Gasteiger partial charge in [-0.15, -0.1) is 0 Å². The van der Waals surface area contributed by atoms with Crippen LogP contribution < -0.4 is 10.1 Å². The molecule has 2 rings (SSSR count). The highest BCUT2D eigenvalue weighted by atomic mass is 19.4. The SMILES string of the molecule is CCC1c2cc(OC)c(CNCC(F)(F)F)cc2CCN1CC. The molecule has 1 heterocycles. The van der Waals surface area contributed by atoms with Gasteiger partial charge in [-0.1, -0.05) is 19.9 Å². The van der Waals surface area contributed by atoms with Gasteiger partial charge in [-0.3, -0.25) is 4.90 Å². The maximum absolute atomic E-state index is 12.3. The molecule has 0 amide bonds. The van der Waals surface area contributed by atoms with Gasteiger partial charge in [-0.05, 0) is 36.6 Å². The number of methoxy groups -OCH3 is 1. The minimum absolute atomic E-state index is 0.157. The summed E-state index contributed by atoms with van der Waals surface area (Å²) in [5, 5.41) is 2.45. The predicted octanol–water partition coefficient (Wildman–Crippen LogP) is 3.68. The second-order valence-corrected chi connectivity index (χ2v) is 5.88. The fourth-order valence-corrected chi connectivity index (χ4v) is 3.36. The first-order valence-electron chi connectivity index (χ1n) is 8.10. The molecule has 130 valence electrons. The molecule has 0 fully saturated rings. The van der Waals surface area contributed by atoms with E-state index in [0.717, 1.165) is 31.5 Å². The lowest BCUT2D eigenvalue weighted by atomic mass is 9.89. The van der Waals surface area contributed by atoms with Gasteiger partial charge in [0.15, 0.2) is 0 Å². The number of halogens is 3. The normalized spacial score (nSPS) is 18.8. The number of hydrogen-bond acceptors (Lipinski definition) is 3. The molecule has 1 aliphatic rings. The highest BCUT2D eigenvalue weighted by Crippen LogP contribution is 2.36. The van der Waals surface area contributed by atoms with E-state index in [1.165, 1.54) is 11.1 Å². The second-order valence-electron chi connectivity index (χ2n) is 5.88. The number of likely N-dealkylation sites (N-methyl/N-ethyl adjacent to an activating group) is 1. The molecule has 0 aromatic heterocycles. The van der Waals surface area contributed by atoms with Gasteiger partial charge in [0.1, 0.15) is 5.75 Å². The number of nitrogens with one attached hydrogen (secondary N) is 1. The van der Waals surface area contributed by atoms with Crippen molar-refractivity contribution < 1.29 is 17.9 Å². The van der Waals surface area contributed by atoms with Crippen molar-refractivity contribution >= 4 is 0 Å². The molecule has 0 radical (unpaired) electrons. The zero-order valence-electron chi connectivity index (χ0n) is 14.0. The summed E-state index contributed by atoms with van der Waals surface area (Å²) in [6.07, 6.45) is -2.26. The van der Waals surface area contributed by atoms with E-state index in [2.05, 4.69) is 24.1 Å². The molecule has 1 aliphatic heterocycles. The maximum atomic E-state index is 12.3. The Morgan fingerprint density at radius 3 is 2.61 bits per heavy atom. The first-order chi connectivity index (χ1) is 10.9. The van der Waals surface area contributed by atoms with Crippen LogP contribution in [0.25, 0.3) is 0 Å². The average Bonchev–Trinajstić information content (AvgIpc) is 2.51. The number of hydrogen-bond donors (Lipinski definition) is 1. The van der Waals surface area contributed by atoms with Crippen LogP contribution >= 0.6 is 0 Å². The Morgan fingerprint density at radius 1 is 1.30 bits per heavy atom. The van der Waals surface area contributed by atoms with E-state index in [-0.39, 0.29) is 6.54 Å². The third-order valence-electron chi connectivity index (χ3n) is 4.44. The number of alkyl halides is 3. The zero-order valence-corrected chi connectivity index (χ0v) is 14.0. The van der Waals surface area contributed by atoms with Gasteiger partial charge >= 0.3 is 6.18 Å². The van der Waals surface area contributed by atoms with Crippen molar-refractivity contribution in [3.05, 3.63) is 28.8 Å². The minimum Gasteiger partial charge on any atom is -0.496 e. The molecule has 1 atom stereocenters.